The number of allylic oxidation sites excluding steroid dienone is 2. The largest absolute Gasteiger partial charge is 0.340 e. The van der Waals surface area contributed by atoms with Crippen molar-refractivity contribution in [3.8, 4) is 0 Å². The second-order valence-electron chi connectivity index (χ2n) is 6.81. The molecule has 1 unspecified atom stereocenters. The van der Waals surface area contributed by atoms with Gasteiger partial charge >= 0.3 is 0 Å². The van der Waals surface area contributed by atoms with E-state index in [1.165, 1.54) is 5.57 Å². The van der Waals surface area contributed by atoms with Crippen LogP contribution in [0.4, 0.5) is 4.39 Å². The Hall–Kier alpha value is -1.27. The average molecular weight is 324 g/mol. The van der Waals surface area contributed by atoms with Gasteiger partial charge in [-0.1, -0.05) is 16.8 Å². The van der Waals surface area contributed by atoms with E-state index in [4.69, 9.17) is 4.52 Å². The number of nitrogens with zero attached hydrogens (tertiary/aromatic N) is 3. The van der Waals surface area contributed by atoms with E-state index in [1.807, 2.05) is 0 Å². The summed E-state index contributed by atoms with van der Waals surface area (Å²) >= 11 is 0. The zero-order valence-corrected chi connectivity index (χ0v) is 14.7. The van der Waals surface area contributed by atoms with Crippen LogP contribution in [0.3, 0.4) is 0 Å². The normalized spacial score (nSPS) is 23.2. The van der Waals surface area contributed by atoms with Gasteiger partial charge in [0.2, 0.25) is 5.89 Å². The Balaban J connectivity index is 1.79. The Morgan fingerprint density at radius 2 is 2.30 bits per heavy atom. The van der Waals surface area contributed by atoms with Crippen LogP contribution in [0.1, 0.15) is 51.7 Å². The average Bonchev–Trinajstić information content (AvgIpc) is 3.02. The van der Waals surface area contributed by atoms with Gasteiger partial charge in [0.1, 0.15) is 6.17 Å². The molecular weight excluding hydrogens is 295 g/mol. The Morgan fingerprint density at radius 3 is 2.96 bits per heavy atom. The summed E-state index contributed by atoms with van der Waals surface area (Å²) in [4.78, 5) is 6.33. The van der Waals surface area contributed by atoms with E-state index < -0.39 is 6.17 Å². The van der Waals surface area contributed by atoms with Gasteiger partial charge in [0.25, 0.3) is 0 Å². The zero-order chi connectivity index (χ0) is 16.8. The number of likely N-dealkylation sites (tertiary alicyclic amines) is 1. The van der Waals surface area contributed by atoms with Crippen LogP contribution in [0.25, 0.3) is 0 Å². The maximum absolute atomic E-state index is 13.8. The van der Waals surface area contributed by atoms with Gasteiger partial charge in [-0.2, -0.15) is 4.98 Å². The molecule has 1 aromatic heterocycles. The van der Waals surface area contributed by atoms with Gasteiger partial charge in [-0.25, -0.2) is 4.39 Å². The molecule has 1 aliphatic heterocycles. The van der Waals surface area contributed by atoms with Crippen molar-refractivity contribution >= 4 is 0 Å². The molecular formula is C17H29FN4O. The molecule has 1 aliphatic rings. The minimum absolute atomic E-state index is 0.190. The van der Waals surface area contributed by atoms with Crippen LogP contribution in [-0.2, 0) is 6.54 Å². The summed E-state index contributed by atoms with van der Waals surface area (Å²) in [5, 5.41) is 7.45. The Bertz CT molecular complexity index is 512. The predicted octanol–water partition coefficient (Wildman–Crippen LogP) is 3.01. The number of nitrogens with one attached hydrogen (secondary N) is 1. The summed E-state index contributed by atoms with van der Waals surface area (Å²) in [6.07, 6.45) is 4.25. The number of rotatable bonds is 8. The third kappa shape index (κ3) is 6.03. The van der Waals surface area contributed by atoms with E-state index >= 15 is 0 Å². The van der Waals surface area contributed by atoms with Crippen molar-refractivity contribution in [1.29, 1.82) is 0 Å². The molecule has 0 aliphatic carbocycles. The van der Waals surface area contributed by atoms with Crippen LogP contribution in [0.15, 0.2) is 16.2 Å². The van der Waals surface area contributed by atoms with Crippen molar-refractivity contribution in [2.45, 2.75) is 71.8 Å². The molecule has 0 aromatic carbocycles. The number of hydrogen-bond acceptors (Lipinski definition) is 5. The lowest BCUT2D eigenvalue weighted by atomic mass is 10.1. The zero-order valence-electron chi connectivity index (χ0n) is 14.7. The summed E-state index contributed by atoms with van der Waals surface area (Å²) in [6, 6.07) is 0.619. The van der Waals surface area contributed by atoms with Crippen LogP contribution in [-0.4, -0.2) is 46.4 Å². The molecule has 1 fully saturated rings. The van der Waals surface area contributed by atoms with E-state index in [9.17, 15) is 4.39 Å². The van der Waals surface area contributed by atoms with Crippen molar-refractivity contribution in [2.24, 2.45) is 0 Å². The lowest BCUT2D eigenvalue weighted by molar-refractivity contribution is 0.218. The third-order valence-electron chi connectivity index (χ3n) is 4.25. The highest BCUT2D eigenvalue weighted by molar-refractivity contribution is 4.94. The Kier molecular flexibility index (Phi) is 6.72. The quantitative estimate of drug-likeness (QED) is 0.745. The van der Waals surface area contributed by atoms with Crippen molar-refractivity contribution in [2.75, 3.05) is 13.1 Å². The van der Waals surface area contributed by atoms with Crippen molar-refractivity contribution < 1.29 is 8.91 Å². The lowest BCUT2D eigenvalue weighted by Gasteiger charge is -2.24. The van der Waals surface area contributed by atoms with E-state index in [2.05, 4.69) is 47.2 Å². The van der Waals surface area contributed by atoms with Crippen LogP contribution < -0.4 is 5.32 Å². The lowest BCUT2D eigenvalue weighted by Crippen LogP contribution is -2.40. The Morgan fingerprint density at radius 1 is 1.52 bits per heavy atom. The fourth-order valence-corrected chi connectivity index (χ4v) is 2.98. The third-order valence-corrected chi connectivity index (χ3v) is 4.25. The molecule has 0 radical (unpaired) electrons. The molecule has 0 saturated carbocycles. The number of hydrogen-bond donors (Lipinski definition) is 1. The van der Waals surface area contributed by atoms with E-state index in [1.54, 1.807) is 6.92 Å². The van der Waals surface area contributed by atoms with Gasteiger partial charge in [0, 0.05) is 32.1 Å². The summed E-state index contributed by atoms with van der Waals surface area (Å²) in [6.45, 7) is 10.00. The minimum atomic E-state index is -0.768. The summed E-state index contributed by atoms with van der Waals surface area (Å²) < 4.78 is 18.8. The summed E-state index contributed by atoms with van der Waals surface area (Å²) in [7, 11) is 0. The van der Waals surface area contributed by atoms with Crippen molar-refractivity contribution in [1.82, 2.24) is 20.4 Å². The maximum Gasteiger partial charge on any atom is 0.223 e. The molecule has 1 aromatic rings. The van der Waals surface area contributed by atoms with Crippen LogP contribution >= 0.6 is 0 Å². The highest BCUT2D eigenvalue weighted by Gasteiger charge is 2.32. The number of halogens is 1. The minimum Gasteiger partial charge on any atom is -0.340 e. The number of aryl methyl sites for hydroxylation is 1. The topological polar surface area (TPSA) is 54.2 Å². The fraction of sp³-hybridized carbons (Fsp3) is 0.765. The SMILES string of the molecule is CC(C)=CCCC(C)NC[C@@H]1C[C@H](F)CN1Cc1noc(C)n1. The molecule has 0 spiro atoms. The first-order valence-electron chi connectivity index (χ1n) is 8.48. The smallest absolute Gasteiger partial charge is 0.223 e. The van der Waals surface area contributed by atoms with Crippen molar-refractivity contribution in [3.63, 3.8) is 0 Å². The fourth-order valence-electron chi connectivity index (χ4n) is 2.98. The van der Waals surface area contributed by atoms with E-state index in [0.717, 1.165) is 19.4 Å². The monoisotopic (exact) mass is 324 g/mol. The Labute approximate surface area is 138 Å². The first-order chi connectivity index (χ1) is 10.9. The highest BCUT2D eigenvalue weighted by Crippen LogP contribution is 2.22. The first-order valence-corrected chi connectivity index (χ1v) is 8.48. The number of aromatic nitrogens is 2. The molecule has 1 saturated heterocycles. The molecule has 23 heavy (non-hydrogen) atoms. The molecule has 1 N–H and O–H groups in total. The van der Waals surface area contributed by atoms with Gasteiger partial charge in [-0.15, -0.1) is 0 Å². The molecule has 130 valence electrons. The van der Waals surface area contributed by atoms with Gasteiger partial charge < -0.3 is 9.84 Å². The second kappa shape index (κ2) is 8.55. The van der Waals surface area contributed by atoms with Crippen molar-refractivity contribution in [3.05, 3.63) is 23.4 Å². The molecule has 2 rings (SSSR count). The second-order valence-corrected chi connectivity index (χ2v) is 6.81. The molecule has 5 nitrogen and oxygen atoms in total. The molecule has 0 bridgehead atoms. The van der Waals surface area contributed by atoms with Gasteiger partial charge in [-0.3, -0.25) is 4.90 Å². The highest BCUT2D eigenvalue weighted by atomic mass is 19.1. The summed E-state index contributed by atoms with van der Waals surface area (Å²) in [5.41, 5.74) is 1.36. The van der Waals surface area contributed by atoms with Crippen LogP contribution in [0.2, 0.25) is 0 Å². The van der Waals surface area contributed by atoms with Gasteiger partial charge in [0.15, 0.2) is 5.82 Å². The predicted molar refractivity (Wildman–Crippen MR) is 88.9 cm³/mol. The summed E-state index contributed by atoms with van der Waals surface area (Å²) in [5.74, 6) is 1.19. The maximum atomic E-state index is 13.8. The van der Waals surface area contributed by atoms with Gasteiger partial charge in [0.05, 0.1) is 6.54 Å². The molecule has 2 heterocycles. The number of alkyl halides is 1. The van der Waals surface area contributed by atoms with Crippen LogP contribution in [0.5, 0.6) is 0 Å². The van der Waals surface area contributed by atoms with Gasteiger partial charge in [-0.05, 0) is 40.0 Å². The molecule has 6 heteroatoms. The first kappa shape index (κ1) is 18.1. The molecule has 3 atom stereocenters. The standard InChI is InChI=1S/C17H29FN4O/c1-12(2)6-5-7-13(3)19-9-16-8-15(18)10-22(16)11-17-20-14(4)23-21-17/h6,13,15-16,19H,5,7-11H2,1-4H3/t13?,15-,16-/m0/s1. The van der Waals surface area contributed by atoms with Crippen LogP contribution in [0, 0.1) is 6.92 Å². The van der Waals surface area contributed by atoms with E-state index in [-0.39, 0.29) is 6.04 Å². The molecule has 0 amide bonds. The van der Waals surface area contributed by atoms with E-state index in [0.29, 0.717) is 37.3 Å².